The summed E-state index contributed by atoms with van der Waals surface area (Å²) in [6.45, 7) is 2.95. The maximum atomic E-state index is 12.0. The third-order valence-electron chi connectivity index (χ3n) is 2.06. The number of sulfonamides is 1. The Labute approximate surface area is 102 Å². The van der Waals surface area contributed by atoms with Crippen molar-refractivity contribution in [3.05, 3.63) is 24.3 Å². The van der Waals surface area contributed by atoms with Gasteiger partial charge in [0.2, 0.25) is 10.0 Å². The number of ether oxygens (including phenoxy) is 1. The van der Waals surface area contributed by atoms with Crippen LogP contribution in [0, 0.1) is 0 Å². The average Bonchev–Trinajstić information content (AvgIpc) is 2.34. The average molecular weight is 258 g/mol. The zero-order valence-corrected chi connectivity index (χ0v) is 10.7. The Bertz CT molecular complexity index is 446. The number of para-hydroxylation sites is 1. The first kappa shape index (κ1) is 14.0. The SMILES string of the molecule is CCCNS(=O)(=O)c1ccccc1OCCN. The molecule has 3 N–H and O–H groups in total. The molecule has 0 amide bonds. The highest BCUT2D eigenvalue weighted by Gasteiger charge is 2.18. The zero-order valence-electron chi connectivity index (χ0n) is 9.85. The van der Waals surface area contributed by atoms with E-state index in [2.05, 4.69) is 4.72 Å². The second-order valence-corrected chi connectivity index (χ2v) is 5.22. The highest BCUT2D eigenvalue weighted by Crippen LogP contribution is 2.22. The summed E-state index contributed by atoms with van der Waals surface area (Å²) in [6.07, 6.45) is 0.741. The Hall–Kier alpha value is -1.11. The fourth-order valence-electron chi connectivity index (χ4n) is 1.27. The monoisotopic (exact) mass is 258 g/mol. The molecule has 17 heavy (non-hydrogen) atoms. The summed E-state index contributed by atoms with van der Waals surface area (Å²) in [4.78, 5) is 0.155. The molecule has 0 unspecified atom stereocenters. The van der Waals surface area contributed by atoms with Crippen molar-refractivity contribution in [3.63, 3.8) is 0 Å². The number of benzene rings is 1. The van der Waals surface area contributed by atoms with Gasteiger partial charge in [-0.2, -0.15) is 0 Å². The molecule has 0 radical (unpaired) electrons. The molecule has 0 heterocycles. The highest BCUT2D eigenvalue weighted by atomic mass is 32.2. The molecule has 0 aliphatic rings. The molecule has 0 saturated heterocycles. The molecule has 0 aliphatic heterocycles. The van der Waals surface area contributed by atoms with Crippen molar-refractivity contribution in [1.29, 1.82) is 0 Å². The topological polar surface area (TPSA) is 81.4 Å². The molecule has 0 fully saturated rings. The van der Waals surface area contributed by atoms with Gasteiger partial charge in [0.1, 0.15) is 17.3 Å². The maximum absolute atomic E-state index is 12.0. The summed E-state index contributed by atoms with van der Waals surface area (Å²) in [5.41, 5.74) is 5.33. The Morgan fingerprint density at radius 3 is 2.71 bits per heavy atom. The molecule has 0 saturated carbocycles. The van der Waals surface area contributed by atoms with Gasteiger partial charge in [-0.1, -0.05) is 19.1 Å². The lowest BCUT2D eigenvalue weighted by molar-refractivity contribution is 0.319. The van der Waals surface area contributed by atoms with E-state index in [1.807, 2.05) is 6.92 Å². The Kier molecular flexibility index (Phi) is 5.40. The summed E-state index contributed by atoms with van der Waals surface area (Å²) in [7, 11) is -3.50. The molecular formula is C11H18N2O3S. The minimum atomic E-state index is -3.50. The predicted molar refractivity (Wildman–Crippen MR) is 66.5 cm³/mol. The van der Waals surface area contributed by atoms with Gasteiger partial charge >= 0.3 is 0 Å². The van der Waals surface area contributed by atoms with Crippen LogP contribution < -0.4 is 15.2 Å². The van der Waals surface area contributed by atoms with Crippen molar-refractivity contribution in [2.24, 2.45) is 5.73 Å². The van der Waals surface area contributed by atoms with E-state index in [9.17, 15) is 8.42 Å². The fourth-order valence-corrected chi connectivity index (χ4v) is 2.55. The Morgan fingerprint density at radius 1 is 1.35 bits per heavy atom. The lowest BCUT2D eigenvalue weighted by Crippen LogP contribution is -2.25. The van der Waals surface area contributed by atoms with Gasteiger partial charge in [-0.15, -0.1) is 0 Å². The molecule has 6 heteroatoms. The fraction of sp³-hybridized carbons (Fsp3) is 0.455. The zero-order chi connectivity index (χ0) is 12.7. The number of hydrogen-bond donors (Lipinski definition) is 2. The smallest absolute Gasteiger partial charge is 0.244 e. The summed E-state index contributed by atoms with van der Waals surface area (Å²) >= 11 is 0. The van der Waals surface area contributed by atoms with Crippen molar-refractivity contribution >= 4 is 10.0 Å². The van der Waals surface area contributed by atoms with Crippen LogP contribution in [-0.4, -0.2) is 28.1 Å². The van der Waals surface area contributed by atoms with Gasteiger partial charge in [0.25, 0.3) is 0 Å². The molecule has 0 spiro atoms. The van der Waals surface area contributed by atoms with Crippen LogP contribution in [0.25, 0.3) is 0 Å². The van der Waals surface area contributed by atoms with Crippen LogP contribution in [0.4, 0.5) is 0 Å². The molecule has 0 aliphatic carbocycles. The number of nitrogens with two attached hydrogens (primary N) is 1. The van der Waals surface area contributed by atoms with E-state index in [1.165, 1.54) is 6.07 Å². The van der Waals surface area contributed by atoms with Crippen LogP contribution in [-0.2, 0) is 10.0 Å². The molecule has 0 atom stereocenters. The van der Waals surface area contributed by atoms with Gasteiger partial charge in [-0.05, 0) is 18.6 Å². The van der Waals surface area contributed by atoms with Gasteiger partial charge in [-0.25, -0.2) is 13.1 Å². The lowest BCUT2D eigenvalue weighted by atomic mass is 10.3. The van der Waals surface area contributed by atoms with Gasteiger partial charge < -0.3 is 10.5 Å². The predicted octanol–water partition coefficient (Wildman–Crippen LogP) is 0.712. The number of hydrogen-bond acceptors (Lipinski definition) is 4. The second kappa shape index (κ2) is 6.58. The van der Waals surface area contributed by atoms with E-state index in [0.29, 0.717) is 25.4 Å². The molecular weight excluding hydrogens is 240 g/mol. The van der Waals surface area contributed by atoms with Crippen molar-refractivity contribution in [1.82, 2.24) is 4.72 Å². The number of rotatable bonds is 7. The van der Waals surface area contributed by atoms with Crippen LogP contribution in [0.3, 0.4) is 0 Å². The van der Waals surface area contributed by atoms with Crippen molar-refractivity contribution in [3.8, 4) is 5.75 Å². The van der Waals surface area contributed by atoms with Crippen LogP contribution in [0.15, 0.2) is 29.2 Å². The third-order valence-corrected chi connectivity index (χ3v) is 3.56. The Balaban J connectivity index is 2.95. The van der Waals surface area contributed by atoms with E-state index in [0.717, 1.165) is 6.42 Å². The minimum absolute atomic E-state index is 0.155. The van der Waals surface area contributed by atoms with E-state index in [4.69, 9.17) is 10.5 Å². The second-order valence-electron chi connectivity index (χ2n) is 3.48. The van der Waals surface area contributed by atoms with E-state index in [1.54, 1.807) is 18.2 Å². The van der Waals surface area contributed by atoms with Gasteiger partial charge in [0, 0.05) is 13.1 Å². The van der Waals surface area contributed by atoms with Gasteiger partial charge in [0.15, 0.2) is 0 Å². The molecule has 1 aromatic carbocycles. The quantitative estimate of drug-likeness (QED) is 0.755. The van der Waals surface area contributed by atoms with Crippen molar-refractivity contribution < 1.29 is 13.2 Å². The molecule has 1 rings (SSSR count). The molecule has 96 valence electrons. The highest BCUT2D eigenvalue weighted by molar-refractivity contribution is 7.89. The van der Waals surface area contributed by atoms with E-state index < -0.39 is 10.0 Å². The van der Waals surface area contributed by atoms with Gasteiger partial charge in [-0.3, -0.25) is 0 Å². The molecule has 5 nitrogen and oxygen atoms in total. The van der Waals surface area contributed by atoms with Crippen LogP contribution >= 0.6 is 0 Å². The lowest BCUT2D eigenvalue weighted by Gasteiger charge is -2.11. The number of nitrogens with one attached hydrogen (secondary N) is 1. The first-order valence-corrected chi connectivity index (χ1v) is 7.01. The van der Waals surface area contributed by atoms with E-state index >= 15 is 0 Å². The third kappa shape index (κ3) is 3.99. The minimum Gasteiger partial charge on any atom is -0.491 e. The first-order chi connectivity index (χ1) is 8.11. The van der Waals surface area contributed by atoms with Crippen molar-refractivity contribution in [2.75, 3.05) is 19.7 Å². The maximum Gasteiger partial charge on any atom is 0.244 e. The van der Waals surface area contributed by atoms with Crippen LogP contribution in [0.2, 0.25) is 0 Å². The standard InChI is InChI=1S/C11H18N2O3S/c1-2-8-13-17(14,15)11-6-4-3-5-10(11)16-9-7-12/h3-6,13H,2,7-9,12H2,1H3. The summed E-state index contributed by atoms with van der Waals surface area (Å²) < 4.78 is 31.7. The first-order valence-electron chi connectivity index (χ1n) is 5.53. The summed E-state index contributed by atoms with van der Waals surface area (Å²) in [6, 6.07) is 6.53. The Morgan fingerprint density at radius 2 is 2.06 bits per heavy atom. The van der Waals surface area contributed by atoms with E-state index in [-0.39, 0.29) is 4.90 Å². The van der Waals surface area contributed by atoms with Crippen LogP contribution in [0.1, 0.15) is 13.3 Å². The van der Waals surface area contributed by atoms with Crippen molar-refractivity contribution in [2.45, 2.75) is 18.2 Å². The largest absolute Gasteiger partial charge is 0.491 e. The molecule has 0 aromatic heterocycles. The normalized spacial score (nSPS) is 11.4. The molecule has 1 aromatic rings. The molecule has 0 bridgehead atoms. The summed E-state index contributed by atoms with van der Waals surface area (Å²) in [5.74, 6) is 0.335. The summed E-state index contributed by atoms with van der Waals surface area (Å²) in [5, 5.41) is 0. The van der Waals surface area contributed by atoms with Gasteiger partial charge in [0.05, 0.1) is 0 Å². The van der Waals surface area contributed by atoms with Crippen LogP contribution in [0.5, 0.6) is 5.75 Å².